The summed E-state index contributed by atoms with van der Waals surface area (Å²) < 4.78 is 11.7. The average Bonchev–Trinajstić information content (AvgIpc) is 3.11. The highest BCUT2D eigenvalue weighted by atomic mass is 32.1. The molecule has 0 unspecified atom stereocenters. The quantitative estimate of drug-likeness (QED) is 0.553. The van der Waals surface area contributed by atoms with E-state index in [0.717, 1.165) is 0 Å². The van der Waals surface area contributed by atoms with E-state index in [9.17, 15) is 9.90 Å². The second kappa shape index (κ2) is 7.09. The predicted octanol–water partition coefficient (Wildman–Crippen LogP) is 3.53. The van der Waals surface area contributed by atoms with E-state index in [0.29, 0.717) is 17.2 Å². The van der Waals surface area contributed by atoms with Crippen LogP contribution < -0.4 is 10.3 Å². The standard InChI is InChI=1S/C18H14N2O4S/c1-23-13-9-7-12(8-10-13)20-17(22)15(16(21)19-18(20)25)6-2-4-14-5-3-11-24-14/h3-11,22H,1H3,(H,19,21,25). The molecule has 6 nitrogen and oxygen atoms in total. The summed E-state index contributed by atoms with van der Waals surface area (Å²) in [7, 11) is 1.56. The molecule has 0 saturated heterocycles. The number of aromatic hydroxyl groups is 1. The highest BCUT2D eigenvalue weighted by Gasteiger charge is 2.11. The number of nitrogens with zero attached hydrogens (tertiary/aromatic N) is 1. The fraction of sp³-hybridized carbons (Fsp3) is 0.0556. The summed E-state index contributed by atoms with van der Waals surface area (Å²) in [4.78, 5) is 14.7. The highest BCUT2D eigenvalue weighted by Crippen LogP contribution is 2.22. The predicted molar refractivity (Wildman–Crippen MR) is 96.6 cm³/mol. The minimum atomic E-state index is -0.507. The summed E-state index contributed by atoms with van der Waals surface area (Å²) in [5, 5.41) is 10.5. The van der Waals surface area contributed by atoms with Gasteiger partial charge in [0.15, 0.2) is 4.77 Å². The van der Waals surface area contributed by atoms with Crippen LogP contribution in [0.3, 0.4) is 0 Å². The maximum atomic E-state index is 12.1. The maximum absolute atomic E-state index is 12.1. The van der Waals surface area contributed by atoms with Crippen molar-refractivity contribution in [2.45, 2.75) is 0 Å². The van der Waals surface area contributed by atoms with Gasteiger partial charge in [-0.25, -0.2) is 0 Å². The Morgan fingerprint density at radius 3 is 2.68 bits per heavy atom. The number of hydrogen-bond donors (Lipinski definition) is 2. The van der Waals surface area contributed by atoms with Gasteiger partial charge in [-0.05, 0) is 54.7 Å². The molecule has 7 heteroatoms. The molecule has 25 heavy (non-hydrogen) atoms. The lowest BCUT2D eigenvalue weighted by Crippen LogP contribution is -2.15. The van der Waals surface area contributed by atoms with E-state index in [-0.39, 0.29) is 16.2 Å². The number of benzene rings is 1. The molecule has 0 bridgehead atoms. The van der Waals surface area contributed by atoms with Crippen LogP contribution in [-0.2, 0) is 0 Å². The number of nitrogens with one attached hydrogen (secondary N) is 1. The minimum Gasteiger partial charge on any atom is -0.497 e. The summed E-state index contributed by atoms with van der Waals surface area (Å²) in [6, 6.07) is 10.4. The van der Waals surface area contributed by atoms with Crippen LogP contribution in [0.15, 0.2) is 57.6 Å². The topological polar surface area (TPSA) is 80.4 Å². The Morgan fingerprint density at radius 1 is 1.28 bits per heavy atom. The molecule has 2 aromatic heterocycles. The van der Waals surface area contributed by atoms with E-state index in [1.165, 1.54) is 16.9 Å². The molecular weight excluding hydrogens is 340 g/mol. The molecular formula is C18H14N2O4S. The first-order valence-electron chi connectivity index (χ1n) is 7.29. The van der Waals surface area contributed by atoms with Gasteiger partial charge >= 0.3 is 0 Å². The Morgan fingerprint density at radius 2 is 2.04 bits per heavy atom. The monoisotopic (exact) mass is 354 g/mol. The van der Waals surface area contributed by atoms with Crippen molar-refractivity contribution in [1.29, 1.82) is 0 Å². The van der Waals surface area contributed by atoms with Crippen molar-refractivity contribution in [1.82, 2.24) is 9.55 Å². The average molecular weight is 354 g/mol. The zero-order valence-corrected chi connectivity index (χ0v) is 14.0. The molecule has 3 rings (SSSR count). The second-order valence-electron chi connectivity index (χ2n) is 5.00. The molecule has 0 atom stereocenters. The van der Waals surface area contributed by atoms with Gasteiger partial charge < -0.3 is 14.3 Å². The normalized spacial score (nSPS) is 10.1. The summed E-state index contributed by atoms with van der Waals surface area (Å²) in [6.45, 7) is 0. The molecule has 2 N–H and O–H groups in total. The lowest BCUT2D eigenvalue weighted by molar-refractivity contribution is 0.414. The zero-order valence-electron chi connectivity index (χ0n) is 13.2. The molecule has 0 aliphatic rings. The largest absolute Gasteiger partial charge is 0.497 e. The Hall–Kier alpha value is -3.28. The van der Waals surface area contributed by atoms with Gasteiger partial charge in [0.25, 0.3) is 5.56 Å². The van der Waals surface area contributed by atoms with Crippen molar-refractivity contribution >= 4 is 24.4 Å². The van der Waals surface area contributed by atoms with Crippen LogP contribution in [0.5, 0.6) is 11.6 Å². The number of aromatic amines is 1. The Labute approximate surface area is 147 Å². The van der Waals surface area contributed by atoms with Crippen LogP contribution in [0.2, 0.25) is 0 Å². The van der Waals surface area contributed by atoms with Crippen LogP contribution in [-0.4, -0.2) is 21.8 Å². The van der Waals surface area contributed by atoms with Crippen LogP contribution in [0.25, 0.3) is 17.8 Å². The van der Waals surface area contributed by atoms with Crippen LogP contribution in [0, 0.1) is 4.77 Å². The van der Waals surface area contributed by atoms with Gasteiger partial charge in [-0.2, -0.15) is 0 Å². The van der Waals surface area contributed by atoms with E-state index in [2.05, 4.69) is 10.7 Å². The number of H-pyrrole nitrogens is 1. The lowest BCUT2D eigenvalue weighted by atomic mass is 10.2. The van der Waals surface area contributed by atoms with Gasteiger partial charge in [0.2, 0.25) is 5.88 Å². The minimum absolute atomic E-state index is 0.0345. The molecule has 3 aromatic rings. The van der Waals surface area contributed by atoms with Gasteiger partial charge in [-0.15, -0.1) is 5.73 Å². The Kier molecular flexibility index (Phi) is 4.70. The number of hydrogen-bond acceptors (Lipinski definition) is 5. The molecule has 126 valence electrons. The van der Waals surface area contributed by atoms with Gasteiger partial charge in [-0.1, -0.05) is 0 Å². The van der Waals surface area contributed by atoms with E-state index < -0.39 is 5.56 Å². The van der Waals surface area contributed by atoms with Crippen LogP contribution >= 0.6 is 12.2 Å². The molecule has 0 fully saturated rings. The van der Waals surface area contributed by atoms with Crippen LogP contribution in [0.1, 0.15) is 11.3 Å². The highest BCUT2D eigenvalue weighted by molar-refractivity contribution is 7.71. The van der Waals surface area contributed by atoms with E-state index in [4.69, 9.17) is 21.4 Å². The Bertz CT molecular complexity index is 1050. The molecule has 1 aromatic carbocycles. The second-order valence-corrected chi connectivity index (χ2v) is 5.39. The molecule has 0 spiro atoms. The molecule has 0 aliphatic carbocycles. The lowest BCUT2D eigenvalue weighted by Gasteiger charge is -2.11. The van der Waals surface area contributed by atoms with Gasteiger partial charge in [0.05, 0.1) is 19.1 Å². The zero-order chi connectivity index (χ0) is 17.8. The molecule has 0 amide bonds. The fourth-order valence-corrected chi connectivity index (χ4v) is 2.50. The molecule has 0 aliphatic heterocycles. The van der Waals surface area contributed by atoms with E-state index >= 15 is 0 Å². The number of rotatable bonds is 4. The molecule has 0 radical (unpaired) electrons. The van der Waals surface area contributed by atoms with Crippen LogP contribution in [0.4, 0.5) is 0 Å². The van der Waals surface area contributed by atoms with E-state index in [1.54, 1.807) is 49.6 Å². The number of methoxy groups -OCH3 is 1. The fourth-order valence-electron chi connectivity index (χ4n) is 2.22. The third-order valence-corrected chi connectivity index (χ3v) is 3.73. The van der Waals surface area contributed by atoms with Gasteiger partial charge in [-0.3, -0.25) is 14.3 Å². The van der Waals surface area contributed by atoms with Crippen molar-refractivity contribution in [2.24, 2.45) is 0 Å². The summed E-state index contributed by atoms with van der Waals surface area (Å²) in [5.74, 6) is 0.968. The third-order valence-electron chi connectivity index (χ3n) is 3.45. The smallest absolute Gasteiger partial charge is 0.263 e. The van der Waals surface area contributed by atoms with Crippen molar-refractivity contribution in [3.63, 3.8) is 0 Å². The molecule has 0 saturated carbocycles. The van der Waals surface area contributed by atoms with Crippen molar-refractivity contribution in [3.05, 3.63) is 74.8 Å². The summed E-state index contributed by atoms with van der Waals surface area (Å²) in [6.07, 6.45) is 4.45. The number of ether oxygens (including phenoxy) is 1. The maximum Gasteiger partial charge on any atom is 0.263 e. The Balaban J connectivity index is 2.10. The first-order valence-corrected chi connectivity index (χ1v) is 7.69. The van der Waals surface area contributed by atoms with E-state index in [1.807, 2.05) is 0 Å². The van der Waals surface area contributed by atoms with Gasteiger partial charge in [0, 0.05) is 6.08 Å². The van der Waals surface area contributed by atoms with Crippen molar-refractivity contribution in [2.75, 3.05) is 7.11 Å². The first kappa shape index (κ1) is 16.6. The SMILES string of the molecule is COc1ccc(-n2c(O)c(C=C=Cc3ccco3)c(=O)[nH]c2=S)cc1. The summed E-state index contributed by atoms with van der Waals surface area (Å²) >= 11 is 5.17. The summed E-state index contributed by atoms with van der Waals surface area (Å²) in [5.41, 5.74) is 2.93. The first-order chi connectivity index (χ1) is 12.1. The number of aromatic nitrogens is 2. The van der Waals surface area contributed by atoms with Crippen molar-refractivity contribution < 1.29 is 14.3 Å². The molecule has 2 heterocycles. The van der Waals surface area contributed by atoms with Crippen molar-refractivity contribution in [3.8, 4) is 17.3 Å². The van der Waals surface area contributed by atoms with Gasteiger partial charge in [0.1, 0.15) is 17.1 Å². The third kappa shape index (κ3) is 3.47. The number of furan rings is 1.